The molecule has 5 nitrogen and oxygen atoms in total. The Balaban J connectivity index is 1.68. The van der Waals surface area contributed by atoms with E-state index in [1.165, 1.54) is 5.56 Å². The number of aliphatic imine (C=N–C) groups is 1. The van der Waals surface area contributed by atoms with Crippen molar-refractivity contribution in [2.75, 3.05) is 20.1 Å². The summed E-state index contributed by atoms with van der Waals surface area (Å²) in [4.78, 5) is 12.4. The van der Waals surface area contributed by atoms with Gasteiger partial charge in [0, 0.05) is 38.7 Å². The van der Waals surface area contributed by atoms with Crippen molar-refractivity contribution in [2.45, 2.75) is 12.8 Å². The van der Waals surface area contributed by atoms with Crippen LogP contribution >= 0.6 is 11.6 Å². The van der Waals surface area contributed by atoms with Gasteiger partial charge in [0.25, 0.3) is 0 Å². The van der Waals surface area contributed by atoms with E-state index in [9.17, 15) is 0 Å². The second-order valence-corrected chi connectivity index (χ2v) is 5.16. The molecule has 0 aliphatic carbocycles. The average molecular weight is 318 g/mol. The number of halogens is 1. The summed E-state index contributed by atoms with van der Waals surface area (Å²) in [5.41, 5.74) is 2.35. The maximum atomic E-state index is 5.77. The van der Waals surface area contributed by atoms with Crippen molar-refractivity contribution in [3.05, 3.63) is 59.1 Å². The summed E-state index contributed by atoms with van der Waals surface area (Å²) >= 11 is 5.77. The first-order valence-electron chi connectivity index (χ1n) is 7.22. The van der Waals surface area contributed by atoms with Gasteiger partial charge in [0.15, 0.2) is 5.96 Å². The van der Waals surface area contributed by atoms with Crippen molar-refractivity contribution in [2.24, 2.45) is 4.99 Å². The highest BCUT2D eigenvalue weighted by molar-refractivity contribution is 6.29. The molecule has 2 aromatic rings. The molecule has 0 bridgehead atoms. The van der Waals surface area contributed by atoms with Gasteiger partial charge < -0.3 is 10.6 Å². The standard InChI is InChI=1S/C16H20ClN5/c1-18-16(20-9-6-13-3-2-8-19-11-13)21-10-7-14-4-5-15(17)22-12-14/h2-5,8,11-12H,6-7,9-10H2,1H3,(H2,18,20,21). The summed E-state index contributed by atoms with van der Waals surface area (Å²) in [5.74, 6) is 0.797. The van der Waals surface area contributed by atoms with Crippen LogP contribution in [0, 0.1) is 0 Å². The summed E-state index contributed by atoms with van der Waals surface area (Å²) < 4.78 is 0. The number of nitrogens with zero attached hydrogens (tertiary/aromatic N) is 3. The maximum absolute atomic E-state index is 5.77. The summed E-state index contributed by atoms with van der Waals surface area (Å²) in [6.07, 6.45) is 7.24. The Hall–Kier alpha value is -2.14. The Labute approximate surface area is 135 Å². The van der Waals surface area contributed by atoms with Gasteiger partial charge in [0.2, 0.25) is 0 Å². The molecule has 0 unspecified atom stereocenters. The van der Waals surface area contributed by atoms with E-state index in [4.69, 9.17) is 11.6 Å². The van der Waals surface area contributed by atoms with Crippen molar-refractivity contribution >= 4 is 17.6 Å². The van der Waals surface area contributed by atoms with E-state index in [0.29, 0.717) is 5.15 Å². The van der Waals surface area contributed by atoms with Crippen molar-refractivity contribution < 1.29 is 0 Å². The first-order valence-corrected chi connectivity index (χ1v) is 7.59. The molecule has 6 heteroatoms. The van der Waals surface area contributed by atoms with Crippen LogP contribution in [0.5, 0.6) is 0 Å². The average Bonchev–Trinajstić information content (AvgIpc) is 2.56. The largest absolute Gasteiger partial charge is 0.356 e. The molecule has 0 atom stereocenters. The second kappa shape index (κ2) is 9.00. The molecule has 0 aliphatic heterocycles. The van der Waals surface area contributed by atoms with Crippen molar-refractivity contribution in [1.29, 1.82) is 0 Å². The zero-order valence-corrected chi connectivity index (χ0v) is 13.3. The number of hydrogen-bond donors (Lipinski definition) is 2. The van der Waals surface area contributed by atoms with E-state index >= 15 is 0 Å². The van der Waals surface area contributed by atoms with Crippen LogP contribution in [0.1, 0.15) is 11.1 Å². The molecular formula is C16H20ClN5. The minimum absolute atomic E-state index is 0.518. The third-order valence-electron chi connectivity index (χ3n) is 3.15. The highest BCUT2D eigenvalue weighted by Crippen LogP contribution is 2.05. The molecule has 22 heavy (non-hydrogen) atoms. The SMILES string of the molecule is CN=C(NCCc1cccnc1)NCCc1ccc(Cl)nc1. The lowest BCUT2D eigenvalue weighted by atomic mass is 10.2. The summed E-state index contributed by atoms with van der Waals surface area (Å²) in [5, 5.41) is 7.09. The van der Waals surface area contributed by atoms with Gasteiger partial charge in [-0.3, -0.25) is 9.98 Å². The lowest BCUT2D eigenvalue weighted by molar-refractivity contribution is 0.782. The number of nitrogens with one attached hydrogen (secondary N) is 2. The minimum Gasteiger partial charge on any atom is -0.356 e. The van der Waals surface area contributed by atoms with Crippen LogP contribution in [0.25, 0.3) is 0 Å². The molecule has 0 aromatic carbocycles. The van der Waals surface area contributed by atoms with Crippen molar-refractivity contribution in [1.82, 2.24) is 20.6 Å². The fraction of sp³-hybridized carbons (Fsp3) is 0.312. The van der Waals surface area contributed by atoms with Gasteiger partial charge >= 0.3 is 0 Å². The van der Waals surface area contributed by atoms with Crippen LogP contribution in [0.3, 0.4) is 0 Å². The fourth-order valence-electron chi connectivity index (χ4n) is 1.97. The van der Waals surface area contributed by atoms with E-state index in [1.807, 2.05) is 18.3 Å². The van der Waals surface area contributed by atoms with Crippen LogP contribution in [-0.4, -0.2) is 36.1 Å². The van der Waals surface area contributed by atoms with E-state index in [2.05, 4.69) is 31.7 Å². The Kier molecular flexibility index (Phi) is 6.64. The Morgan fingerprint density at radius 3 is 2.36 bits per heavy atom. The Bertz CT molecular complexity index is 583. The smallest absolute Gasteiger partial charge is 0.190 e. The van der Waals surface area contributed by atoms with Crippen LogP contribution in [0.4, 0.5) is 0 Å². The maximum Gasteiger partial charge on any atom is 0.190 e. The minimum atomic E-state index is 0.518. The number of hydrogen-bond acceptors (Lipinski definition) is 3. The normalized spacial score (nSPS) is 11.3. The van der Waals surface area contributed by atoms with Gasteiger partial charge in [0.05, 0.1) is 0 Å². The van der Waals surface area contributed by atoms with Crippen molar-refractivity contribution in [3.63, 3.8) is 0 Å². The van der Waals surface area contributed by atoms with Crippen LogP contribution in [0.2, 0.25) is 5.15 Å². The summed E-state index contributed by atoms with van der Waals surface area (Å²) in [6, 6.07) is 7.80. The van der Waals surface area contributed by atoms with Gasteiger partial charge in [-0.25, -0.2) is 4.98 Å². The van der Waals surface area contributed by atoms with Gasteiger partial charge in [-0.15, -0.1) is 0 Å². The van der Waals surface area contributed by atoms with Crippen LogP contribution < -0.4 is 10.6 Å². The molecule has 0 spiro atoms. The molecule has 0 radical (unpaired) electrons. The highest BCUT2D eigenvalue weighted by Gasteiger charge is 1.99. The Morgan fingerprint density at radius 1 is 1.09 bits per heavy atom. The molecule has 0 amide bonds. The molecule has 0 fully saturated rings. The van der Waals surface area contributed by atoms with Gasteiger partial charge in [0.1, 0.15) is 5.15 Å². The molecule has 2 heterocycles. The Morgan fingerprint density at radius 2 is 1.82 bits per heavy atom. The summed E-state index contributed by atoms with van der Waals surface area (Å²) in [7, 11) is 1.77. The van der Waals surface area contributed by atoms with Crippen molar-refractivity contribution in [3.8, 4) is 0 Å². The topological polar surface area (TPSA) is 62.2 Å². The molecule has 2 aromatic heterocycles. The van der Waals surface area contributed by atoms with Gasteiger partial charge in [-0.05, 0) is 36.1 Å². The third-order valence-corrected chi connectivity index (χ3v) is 3.37. The second-order valence-electron chi connectivity index (χ2n) is 4.78. The molecule has 0 saturated heterocycles. The molecule has 0 aliphatic rings. The van der Waals surface area contributed by atoms with E-state index in [-0.39, 0.29) is 0 Å². The molecule has 0 saturated carbocycles. The number of aromatic nitrogens is 2. The molecule has 2 N–H and O–H groups in total. The monoisotopic (exact) mass is 317 g/mol. The summed E-state index contributed by atoms with van der Waals surface area (Å²) in [6.45, 7) is 1.60. The lowest BCUT2D eigenvalue weighted by Crippen LogP contribution is -2.39. The quantitative estimate of drug-likeness (QED) is 0.486. The third kappa shape index (κ3) is 5.69. The van der Waals surface area contributed by atoms with Gasteiger partial charge in [-0.2, -0.15) is 0 Å². The first-order chi connectivity index (χ1) is 10.8. The van der Waals surface area contributed by atoms with Crippen LogP contribution in [0.15, 0.2) is 47.8 Å². The van der Waals surface area contributed by atoms with E-state index in [0.717, 1.165) is 37.5 Å². The zero-order chi connectivity index (χ0) is 15.6. The first kappa shape index (κ1) is 16.2. The number of pyridine rings is 2. The highest BCUT2D eigenvalue weighted by atomic mass is 35.5. The zero-order valence-electron chi connectivity index (χ0n) is 12.6. The van der Waals surface area contributed by atoms with E-state index < -0.39 is 0 Å². The van der Waals surface area contributed by atoms with Gasteiger partial charge in [-0.1, -0.05) is 23.7 Å². The lowest BCUT2D eigenvalue weighted by Gasteiger charge is -2.11. The molecule has 2 rings (SSSR count). The number of guanidine groups is 1. The predicted molar refractivity (Wildman–Crippen MR) is 90.3 cm³/mol. The van der Waals surface area contributed by atoms with Crippen LogP contribution in [-0.2, 0) is 12.8 Å². The fourth-order valence-corrected chi connectivity index (χ4v) is 2.08. The number of rotatable bonds is 6. The predicted octanol–water partition coefficient (Wildman–Crippen LogP) is 2.08. The molecule has 116 valence electrons. The molecular weight excluding hydrogens is 298 g/mol. The van der Waals surface area contributed by atoms with E-state index in [1.54, 1.807) is 25.5 Å².